The van der Waals surface area contributed by atoms with Crippen LogP contribution in [0.5, 0.6) is 0 Å². The molecule has 16 heavy (non-hydrogen) atoms. The topological polar surface area (TPSA) is 55.3 Å². The van der Waals surface area contributed by atoms with Crippen molar-refractivity contribution in [3.8, 4) is 0 Å². The molecule has 0 unspecified atom stereocenters. The van der Waals surface area contributed by atoms with Crippen molar-refractivity contribution in [3.05, 3.63) is 35.9 Å². The molecule has 0 aliphatic carbocycles. The van der Waals surface area contributed by atoms with Crippen LogP contribution in [-0.4, -0.2) is 22.1 Å². The number of rotatable bonds is 5. The normalized spacial score (nSPS) is 11.2. The Morgan fingerprint density at radius 1 is 1.25 bits per heavy atom. The van der Waals surface area contributed by atoms with Crippen molar-refractivity contribution in [1.29, 1.82) is 0 Å². The van der Waals surface area contributed by atoms with Crippen LogP contribution < -0.4 is 0 Å². The Balaban J connectivity index is 1.89. The fourth-order valence-corrected chi connectivity index (χ4v) is 1.45. The van der Waals surface area contributed by atoms with Gasteiger partial charge in [0.15, 0.2) is 0 Å². The summed E-state index contributed by atoms with van der Waals surface area (Å²) in [6.45, 7) is 3.36. The Morgan fingerprint density at radius 2 is 2.06 bits per heavy atom. The van der Waals surface area contributed by atoms with Crippen LogP contribution >= 0.6 is 0 Å². The first-order chi connectivity index (χ1) is 7.78. The summed E-state index contributed by atoms with van der Waals surface area (Å²) in [7, 11) is 1.98. The molecule has 0 saturated carbocycles. The number of hydrogen-bond donors (Lipinski definition) is 0. The Labute approximate surface area is 94.1 Å². The van der Waals surface area contributed by atoms with Crippen LogP contribution in [0.4, 0.5) is 0 Å². The van der Waals surface area contributed by atoms with Gasteiger partial charge in [-0.15, -0.1) is 10.2 Å². The van der Waals surface area contributed by atoms with Crippen LogP contribution in [0.2, 0.25) is 0 Å². The van der Waals surface area contributed by atoms with E-state index in [4.69, 9.17) is 8.83 Å². The van der Waals surface area contributed by atoms with Gasteiger partial charge in [-0.05, 0) is 19.2 Å². The second-order valence-electron chi connectivity index (χ2n) is 3.69. The molecule has 5 nitrogen and oxygen atoms in total. The lowest BCUT2D eigenvalue weighted by molar-refractivity contribution is 0.257. The van der Waals surface area contributed by atoms with E-state index in [9.17, 15) is 0 Å². The first kappa shape index (κ1) is 10.9. The average molecular weight is 221 g/mol. The standard InChI is InChI=1S/C11H15N3O2/c1-3-10-12-13-11(16-10)8-14(2)7-9-5-4-6-15-9/h4-6H,3,7-8H2,1-2H3. The Hall–Kier alpha value is -1.62. The molecular formula is C11H15N3O2. The molecular weight excluding hydrogens is 206 g/mol. The maximum Gasteiger partial charge on any atom is 0.230 e. The second kappa shape index (κ2) is 4.94. The molecule has 0 spiro atoms. The smallest absolute Gasteiger partial charge is 0.230 e. The molecule has 0 aliphatic heterocycles. The molecule has 0 aliphatic rings. The summed E-state index contributed by atoms with van der Waals surface area (Å²) in [5.74, 6) is 2.25. The maximum atomic E-state index is 5.43. The zero-order chi connectivity index (χ0) is 11.4. The summed E-state index contributed by atoms with van der Waals surface area (Å²) in [6, 6.07) is 3.83. The monoisotopic (exact) mass is 221 g/mol. The number of furan rings is 1. The fraction of sp³-hybridized carbons (Fsp3) is 0.455. The van der Waals surface area contributed by atoms with E-state index in [-0.39, 0.29) is 0 Å². The highest BCUT2D eigenvalue weighted by Crippen LogP contribution is 2.08. The molecule has 0 amide bonds. The third-order valence-corrected chi connectivity index (χ3v) is 2.22. The highest BCUT2D eigenvalue weighted by molar-refractivity contribution is 4.97. The van der Waals surface area contributed by atoms with Crippen LogP contribution in [0.15, 0.2) is 27.2 Å². The largest absolute Gasteiger partial charge is 0.468 e. The predicted octanol–water partition coefficient (Wildman–Crippen LogP) is 1.86. The van der Waals surface area contributed by atoms with Gasteiger partial charge in [0, 0.05) is 6.42 Å². The maximum absolute atomic E-state index is 5.43. The van der Waals surface area contributed by atoms with Crippen molar-refractivity contribution in [2.24, 2.45) is 0 Å². The van der Waals surface area contributed by atoms with Crippen molar-refractivity contribution in [1.82, 2.24) is 15.1 Å². The van der Waals surface area contributed by atoms with E-state index in [2.05, 4.69) is 15.1 Å². The average Bonchev–Trinajstić information content (AvgIpc) is 2.89. The number of aromatic nitrogens is 2. The lowest BCUT2D eigenvalue weighted by atomic mass is 10.4. The summed E-state index contributed by atoms with van der Waals surface area (Å²) < 4.78 is 10.7. The summed E-state index contributed by atoms with van der Waals surface area (Å²) in [4.78, 5) is 2.06. The summed E-state index contributed by atoms with van der Waals surface area (Å²) in [5, 5.41) is 7.89. The van der Waals surface area contributed by atoms with Crippen LogP contribution in [0.25, 0.3) is 0 Å². The molecule has 2 aromatic rings. The molecule has 2 heterocycles. The van der Waals surface area contributed by atoms with Gasteiger partial charge in [-0.2, -0.15) is 0 Å². The Bertz CT molecular complexity index is 422. The third kappa shape index (κ3) is 2.70. The molecule has 0 saturated heterocycles. The summed E-state index contributed by atoms with van der Waals surface area (Å²) >= 11 is 0. The lowest BCUT2D eigenvalue weighted by Gasteiger charge is -2.11. The highest BCUT2D eigenvalue weighted by Gasteiger charge is 2.09. The minimum absolute atomic E-state index is 0.633. The Kier molecular flexibility index (Phi) is 3.36. The van der Waals surface area contributed by atoms with Gasteiger partial charge < -0.3 is 8.83 Å². The van der Waals surface area contributed by atoms with E-state index < -0.39 is 0 Å². The molecule has 0 radical (unpaired) electrons. The van der Waals surface area contributed by atoms with Gasteiger partial charge in [0.1, 0.15) is 5.76 Å². The third-order valence-electron chi connectivity index (χ3n) is 2.22. The van der Waals surface area contributed by atoms with E-state index in [1.165, 1.54) is 0 Å². The first-order valence-electron chi connectivity index (χ1n) is 5.30. The molecule has 0 N–H and O–H groups in total. The van der Waals surface area contributed by atoms with Gasteiger partial charge in [-0.1, -0.05) is 6.92 Å². The van der Waals surface area contributed by atoms with Crippen molar-refractivity contribution >= 4 is 0 Å². The lowest BCUT2D eigenvalue weighted by Crippen LogP contribution is -2.17. The van der Waals surface area contributed by atoms with Gasteiger partial charge in [-0.25, -0.2) is 0 Å². The Morgan fingerprint density at radius 3 is 2.69 bits per heavy atom. The van der Waals surface area contributed by atoms with E-state index in [1.807, 2.05) is 26.1 Å². The predicted molar refractivity (Wildman–Crippen MR) is 57.6 cm³/mol. The number of nitrogens with zero attached hydrogens (tertiary/aromatic N) is 3. The molecule has 0 fully saturated rings. The molecule has 0 bridgehead atoms. The van der Waals surface area contributed by atoms with Crippen LogP contribution in [-0.2, 0) is 19.5 Å². The van der Waals surface area contributed by atoms with Gasteiger partial charge in [0.25, 0.3) is 0 Å². The first-order valence-corrected chi connectivity index (χ1v) is 5.30. The van der Waals surface area contributed by atoms with Gasteiger partial charge >= 0.3 is 0 Å². The minimum Gasteiger partial charge on any atom is -0.468 e. The molecule has 2 rings (SSSR count). The fourth-order valence-electron chi connectivity index (χ4n) is 1.45. The molecule has 2 aromatic heterocycles. The molecule has 5 heteroatoms. The van der Waals surface area contributed by atoms with E-state index in [1.54, 1.807) is 6.26 Å². The van der Waals surface area contributed by atoms with Gasteiger partial charge in [0.2, 0.25) is 11.8 Å². The van der Waals surface area contributed by atoms with Gasteiger partial charge in [-0.3, -0.25) is 4.90 Å². The van der Waals surface area contributed by atoms with Crippen LogP contribution in [0.3, 0.4) is 0 Å². The molecule has 0 atom stereocenters. The highest BCUT2D eigenvalue weighted by atomic mass is 16.4. The molecule has 0 aromatic carbocycles. The van der Waals surface area contributed by atoms with Crippen molar-refractivity contribution in [3.63, 3.8) is 0 Å². The van der Waals surface area contributed by atoms with Crippen molar-refractivity contribution < 1.29 is 8.83 Å². The van der Waals surface area contributed by atoms with Crippen molar-refractivity contribution in [2.45, 2.75) is 26.4 Å². The van der Waals surface area contributed by atoms with Gasteiger partial charge in [0.05, 0.1) is 19.4 Å². The zero-order valence-electron chi connectivity index (χ0n) is 9.51. The number of aryl methyl sites for hydroxylation is 1. The number of hydrogen-bond acceptors (Lipinski definition) is 5. The van der Waals surface area contributed by atoms with E-state index >= 15 is 0 Å². The minimum atomic E-state index is 0.633. The summed E-state index contributed by atoms with van der Waals surface area (Å²) in [5.41, 5.74) is 0. The molecule has 86 valence electrons. The second-order valence-corrected chi connectivity index (χ2v) is 3.69. The van der Waals surface area contributed by atoms with E-state index in [0.29, 0.717) is 18.3 Å². The summed E-state index contributed by atoms with van der Waals surface area (Å²) in [6.07, 6.45) is 2.44. The van der Waals surface area contributed by atoms with E-state index in [0.717, 1.165) is 18.7 Å². The zero-order valence-corrected chi connectivity index (χ0v) is 9.51. The quantitative estimate of drug-likeness (QED) is 0.771. The van der Waals surface area contributed by atoms with Crippen LogP contribution in [0.1, 0.15) is 24.5 Å². The van der Waals surface area contributed by atoms with Crippen molar-refractivity contribution in [2.75, 3.05) is 7.05 Å². The van der Waals surface area contributed by atoms with Crippen LogP contribution in [0, 0.1) is 0 Å². The SMILES string of the molecule is CCc1nnc(CN(C)Cc2ccco2)o1.